The van der Waals surface area contributed by atoms with Crippen molar-refractivity contribution in [3.05, 3.63) is 76.8 Å². The van der Waals surface area contributed by atoms with E-state index in [9.17, 15) is 55.1 Å². The Balaban J connectivity index is 0.000000268. The molecule has 566 valence electrons. The van der Waals surface area contributed by atoms with Crippen LogP contribution in [0.25, 0.3) is 11.1 Å². The minimum absolute atomic E-state index is 0.0436. The molecule has 0 unspecified atom stereocenters. The molecular formula is C70H102BClF6N12O12. The number of nitrogens with zero attached hydrogens (tertiary/aromatic N) is 6. The lowest BCUT2D eigenvalue weighted by molar-refractivity contribution is -0.144. The fraction of sp³-hybridized carbons (Fsp3) is 0.600. The normalized spacial score (nSPS) is 19.3. The zero-order valence-corrected chi connectivity index (χ0v) is 62.1. The van der Waals surface area contributed by atoms with Crippen LogP contribution in [0.3, 0.4) is 0 Å². The van der Waals surface area contributed by atoms with E-state index in [0.29, 0.717) is 59.5 Å². The van der Waals surface area contributed by atoms with Gasteiger partial charge in [0.2, 0.25) is 11.8 Å². The molecule has 9 rings (SSSR count). The first-order chi connectivity index (χ1) is 47.3. The Labute approximate surface area is 599 Å². The summed E-state index contributed by atoms with van der Waals surface area (Å²) < 4.78 is 108. The molecule has 0 bridgehead atoms. The number of carbonyl (C=O) groups is 6. The van der Waals surface area contributed by atoms with Gasteiger partial charge in [-0.15, -0.1) is 0 Å². The van der Waals surface area contributed by atoms with Gasteiger partial charge in [0.15, 0.2) is 0 Å². The van der Waals surface area contributed by atoms with E-state index < -0.39 is 96.8 Å². The number of hydrogen-bond acceptors (Lipinski definition) is 16. The van der Waals surface area contributed by atoms with Crippen molar-refractivity contribution in [3.63, 3.8) is 0 Å². The number of likely N-dealkylation sites (tertiary alicyclic amines) is 2. The van der Waals surface area contributed by atoms with Crippen molar-refractivity contribution in [3.8, 4) is 11.1 Å². The van der Waals surface area contributed by atoms with Crippen molar-refractivity contribution in [1.82, 2.24) is 30.4 Å². The van der Waals surface area contributed by atoms with Crippen molar-refractivity contribution >= 4 is 94.9 Å². The molecule has 5 fully saturated rings. The summed E-state index contributed by atoms with van der Waals surface area (Å²) >= 11 is 5.92. The van der Waals surface area contributed by atoms with Crippen LogP contribution < -0.4 is 48.0 Å². The highest BCUT2D eigenvalue weighted by Gasteiger charge is 2.52. The van der Waals surface area contributed by atoms with Crippen LogP contribution in [0, 0.1) is 25.7 Å². The summed E-state index contributed by atoms with van der Waals surface area (Å²) in [7, 11) is -0.556. The second-order valence-electron chi connectivity index (χ2n) is 28.3. The number of alkyl halides is 6. The van der Waals surface area contributed by atoms with E-state index in [-0.39, 0.29) is 68.5 Å². The van der Waals surface area contributed by atoms with E-state index in [2.05, 4.69) is 31.2 Å². The summed E-state index contributed by atoms with van der Waals surface area (Å²) in [5.74, 6) is -0.436. The highest BCUT2D eigenvalue weighted by Crippen LogP contribution is 2.38. The number of ether oxygens (including phenoxy) is 4. The number of nitrogens with two attached hydrogens (primary N) is 2. The van der Waals surface area contributed by atoms with Crippen LogP contribution >= 0.6 is 11.6 Å². The van der Waals surface area contributed by atoms with Gasteiger partial charge in [-0.05, 0) is 206 Å². The zero-order valence-electron chi connectivity index (χ0n) is 61.4. The van der Waals surface area contributed by atoms with E-state index in [1.807, 2.05) is 75.3 Å². The van der Waals surface area contributed by atoms with Gasteiger partial charge < -0.3 is 70.8 Å². The number of amides is 8. The predicted molar refractivity (Wildman–Crippen MR) is 383 cm³/mol. The number of carbonyl (C=O) groups excluding carboxylic acids is 6. The molecule has 0 spiro atoms. The lowest BCUT2D eigenvalue weighted by Gasteiger charge is -2.32. The zero-order chi connectivity index (χ0) is 76.5. The number of anilines is 6. The van der Waals surface area contributed by atoms with Crippen molar-refractivity contribution in [2.75, 3.05) is 97.6 Å². The Morgan fingerprint density at radius 2 is 1.00 bits per heavy atom. The summed E-state index contributed by atoms with van der Waals surface area (Å²) in [6.45, 7) is 34.8. The van der Waals surface area contributed by atoms with Gasteiger partial charge in [-0.2, -0.15) is 26.3 Å². The Morgan fingerprint density at radius 1 is 0.598 bits per heavy atom. The molecule has 24 nitrogen and oxygen atoms in total. The van der Waals surface area contributed by atoms with Gasteiger partial charge in [-0.25, -0.2) is 29.1 Å². The number of benzene rings is 2. The van der Waals surface area contributed by atoms with Gasteiger partial charge >= 0.3 is 43.7 Å². The number of nitrogen functional groups attached to an aromatic ring is 2. The molecular weight excluding hydrogens is 1360 g/mol. The van der Waals surface area contributed by atoms with Crippen LogP contribution in [0.4, 0.5) is 80.2 Å². The third-order valence-corrected chi connectivity index (χ3v) is 16.9. The van der Waals surface area contributed by atoms with E-state index in [1.54, 1.807) is 90.1 Å². The van der Waals surface area contributed by atoms with E-state index >= 15 is 0 Å². The van der Waals surface area contributed by atoms with Gasteiger partial charge in [0.05, 0.1) is 23.3 Å². The number of hydrogen-bond donors (Lipinski definition) is 6. The topological polar surface area (TPSA) is 297 Å². The first-order valence-corrected chi connectivity index (χ1v) is 34.5. The maximum atomic E-state index is 12.8. The van der Waals surface area contributed by atoms with Gasteiger partial charge in [0.25, 0.3) is 0 Å². The van der Waals surface area contributed by atoms with Crippen LogP contribution in [0.15, 0.2) is 60.7 Å². The Morgan fingerprint density at radius 3 is 1.39 bits per heavy atom. The molecule has 2 aromatic heterocycles. The number of pyridine rings is 2. The minimum atomic E-state index is -4.26. The monoisotopic (exact) mass is 1460 g/mol. The molecule has 5 aliphatic heterocycles. The fourth-order valence-corrected chi connectivity index (χ4v) is 11.5. The molecule has 2 aromatic carbocycles. The molecule has 0 radical (unpaired) electrons. The molecule has 32 heteroatoms. The smallest absolute Gasteiger partial charge is 0.444 e. The maximum absolute atomic E-state index is 12.8. The summed E-state index contributed by atoms with van der Waals surface area (Å²) in [6.07, 6.45) is -10.5. The number of aromatic nitrogens is 2. The summed E-state index contributed by atoms with van der Waals surface area (Å²) in [4.78, 5) is 88.3. The Hall–Kier alpha value is -7.87. The first kappa shape index (κ1) is 84.8. The largest absolute Gasteiger partial charge is 0.495 e. The van der Waals surface area contributed by atoms with Gasteiger partial charge in [-0.3, -0.25) is 19.4 Å². The lowest BCUT2D eigenvalue weighted by Crippen LogP contribution is -2.41. The molecule has 102 heavy (non-hydrogen) atoms. The number of aryl methyl sites for hydroxylation is 2. The molecule has 7 heterocycles. The number of nitrogens with one attached hydrogen (secondary N) is 4. The molecule has 0 saturated carbocycles. The van der Waals surface area contributed by atoms with Crippen molar-refractivity contribution < 1.29 is 83.4 Å². The number of alkyl carbamates (subject to hydrolysis) is 2. The quantitative estimate of drug-likeness (QED) is 0.0505. The van der Waals surface area contributed by atoms with Crippen LogP contribution in [-0.2, 0) is 37.8 Å². The Kier molecular flexibility index (Phi) is 30.4. The minimum Gasteiger partial charge on any atom is -0.444 e. The molecule has 5 saturated heterocycles. The second kappa shape index (κ2) is 36.5. The van der Waals surface area contributed by atoms with E-state index in [0.717, 1.165) is 48.6 Å². The van der Waals surface area contributed by atoms with Crippen LogP contribution in [0.1, 0.15) is 147 Å². The third kappa shape index (κ3) is 27.4. The van der Waals surface area contributed by atoms with Crippen LogP contribution in [0.5, 0.6) is 0 Å². The number of halogens is 7. The second-order valence-corrected chi connectivity index (χ2v) is 28.7. The summed E-state index contributed by atoms with van der Waals surface area (Å²) in [6, 6.07) is 15.5. The lowest BCUT2D eigenvalue weighted by atomic mass is 9.76. The van der Waals surface area contributed by atoms with Crippen molar-refractivity contribution in [1.29, 1.82) is 0 Å². The van der Waals surface area contributed by atoms with Crippen molar-refractivity contribution in [2.24, 2.45) is 11.8 Å². The van der Waals surface area contributed by atoms with Crippen molar-refractivity contribution in [2.45, 2.75) is 196 Å². The molecule has 0 aliphatic carbocycles. The molecule has 8 amide bonds. The predicted octanol–water partition coefficient (Wildman–Crippen LogP) is 13.2. The van der Waals surface area contributed by atoms with E-state index in [1.165, 1.54) is 25.7 Å². The van der Waals surface area contributed by atoms with Crippen LogP contribution in [0.2, 0.25) is 5.02 Å². The standard InChI is InChI=1S/C28H35F3N6O4.C20H28BF3N2O3.C14H19ClN4O3.2C4H10O/c1-16-5-6-19(33-25(39)36-8-7-17(14-36)13-28(29,30)31)11-21(16)18-9-22(32)35-23(10-18)37-15-20(12-24(37)38)34-26(40)41-27(2,3)4;1-13-6-7-15(10-16(13)21-28-18(2,3)19(4,5)29-21)25-17(27)26-9-8-14(12-26)11-20(22,23)24;1-14(2,3)22-13(21)17-9-6-12(20)19(7-9)11-5-8(15)4-10(16)18-11;2*1-3-5-4-2/h5-6,9-11,17,20H,7-8,12-15H2,1-4H3,(H2,32,35)(H,33,39)(H,34,40);6-7,10,14H,8-9,11-12H2,1-5H3,(H,25,27);4-5,9H,6-7H2,1-3H3,(H2,16,18)(H,17,21);2*3-4H2,1-2H3/t17-,20-;14-;9-;;/m000../s1. The summed E-state index contributed by atoms with van der Waals surface area (Å²) in [5.41, 5.74) is 14.6. The van der Waals surface area contributed by atoms with Gasteiger partial charge in [-0.1, -0.05) is 29.3 Å². The fourth-order valence-electron chi connectivity index (χ4n) is 11.3. The number of rotatable bonds is 14. The molecule has 4 atom stereocenters. The maximum Gasteiger partial charge on any atom is 0.495 e. The SMILES string of the molecule is CC(C)(C)OC(=O)N[C@H]1CC(=O)N(c2cc(Cl)cc(N)n2)C1.CCOCC.CCOCC.Cc1ccc(NC(=O)N2CC[C@@H](CC(F)(F)F)C2)cc1-c1cc(N)nc(N2C[C@@H](NC(=O)OC(C)(C)C)CC2=O)c1.Cc1ccc(NC(=O)N2CC[C@@H](CC(F)(F)F)C2)cc1B1OC(C)(C)C(C)(C)O1. The highest BCUT2D eigenvalue weighted by molar-refractivity contribution is 6.62. The highest BCUT2D eigenvalue weighted by atomic mass is 35.5. The Bertz CT molecular complexity index is 3460. The molecule has 5 aliphatic rings. The van der Waals surface area contributed by atoms with Gasteiger partial charge in [0.1, 0.15) is 34.5 Å². The average Bonchev–Trinajstić information content (AvgIpc) is 1.60. The third-order valence-electron chi connectivity index (χ3n) is 16.7. The number of urea groups is 2. The first-order valence-electron chi connectivity index (χ1n) is 34.1. The molecule has 8 N–H and O–H groups in total. The van der Waals surface area contributed by atoms with Crippen LogP contribution in [-0.4, -0.2) is 175 Å². The van der Waals surface area contributed by atoms with E-state index in [4.69, 9.17) is 51.3 Å². The summed E-state index contributed by atoms with van der Waals surface area (Å²) in [5, 5.41) is 11.4. The van der Waals surface area contributed by atoms with Gasteiger partial charge in [0, 0.05) is 108 Å². The molecule has 4 aromatic rings. The average molecular weight is 1460 g/mol.